The fraction of sp³-hybridized carbons (Fsp3) is 0.353. The molecule has 1 saturated heterocycles. The molecule has 0 bridgehead atoms. The van der Waals surface area contributed by atoms with E-state index in [-0.39, 0.29) is 0 Å². The van der Waals surface area contributed by atoms with Crippen LogP contribution in [-0.4, -0.2) is 56.2 Å². The summed E-state index contributed by atoms with van der Waals surface area (Å²) in [6.45, 7) is 5.69. The Hall–Kier alpha value is -2.51. The monoisotopic (exact) mass is 324 g/mol. The molecule has 0 N–H and O–H groups in total. The molecule has 0 aliphatic carbocycles. The number of hydrogen-bond acceptors (Lipinski definition) is 6. The number of rotatable bonds is 5. The molecule has 0 amide bonds. The zero-order valence-electron chi connectivity index (χ0n) is 13.5. The Morgan fingerprint density at radius 3 is 2.33 bits per heavy atom. The molecule has 7 nitrogen and oxygen atoms in total. The average molecular weight is 324 g/mol. The number of piperazine rings is 1. The summed E-state index contributed by atoms with van der Waals surface area (Å²) in [6.07, 6.45) is 1.73. The minimum atomic E-state index is 0.760. The van der Waals surface area contributed by atoms with Crippen molar-refractivity contribution in [2.45, 2.75) is 13.1 Å². The van der Waals surface area contributed by atoms with Gasteiger partial charge in [0.25, 0.3) is 0 Å². The molecule has 3 heterocycles. The maximum atomic E-state index is 5.43. The fourth-order valence-corrected chi connectivity index (χ4v) is 3.00. The van der Waals surface area contributed by atoms with Crippen LogP contribution in [0.15, 0.2) is 53.1 Å². The van der Waals surface area contributed by atoms with Gasteiger partial charge in [0.1, 0.15) is 5.76 Å². The summed E-state index contributed by atoms with van der Waals surface area (Å²) in [4.78, 5) is 4.80. The third-order valence-electron chi connectivity index (χ3n) is 4.32. The van der Waals surface area contributed by atoms with Crippen LogP contribution in [0.25, 0.3) is 5.69 Å². The smallest absolute Gasteiger partial charge is 0.170 e. The van der Waals surface area contributed by atoms with E-state index in [0.29, 0.717) is 0 Å². The van der Waals surface area contributed by atoms with E-state index >= 15 is 0 Å². The van der Waals surface area contributed by atoms with Gasteiger partial charge in [-0.2, -0.15) is 4.68 Å². The van der Waals surface area contributed by atoms with Crippen molar-refractivity contribution in [2.24, 2.45) is 0 Å². The highest BCUT2D eigenvalue weighted by Crippen LogP contribution is 2.12. The molecular formula is C17H20N6O. The predicted octanol–water partition coefficient (Wildman–Crippen LogP) is 1.57. The molecule has 1 aromatic carbocycles. The molecule has 0 atom stereocenters. The fourth-order valence-electron chi connectivity index (χ4n) is 3.00. The lowest BCUT2D eigenvalue weighted by Crippen LogP contribution is -2.45. The average Bonchev–Trinajstić information content (AvgIpc) is 3.29. The minimum absolute atomic E-state index is 0.760. The Morgan fingerprint density at radius 2 is 1.62 bits per heavy atom. The van der Waals surface area contributed by atoms with E-state index in [4.69, 9.17) is 4.42 Å². The molecule has 7 heteroatoms. The SMILES string of the molecule is c1ccc(-n2nnnc2CN2CCN(Cc3ccco3)CC2)cc1. The van der Waals surface area contributed by atoms with Gasteiger partial charge in [0.2, 0.25) is 0 Å². The van der Waals surface area contributed by atoms with Gasteiger partial charge in [0, 0.05) is 26.2 Å². The van der Waals surface area contributed by atoms with E-state index in [9.17, 15) is 0 Å². The van der Waals surface area contributed by atoms with Crippen molar-refractivity contribution >= 4 is 0 Å². The number of tetrazole rings is 1. The molecule has 0 saturated carbocycles. The molecule has 24 heavy (non-hydrogen) atoms. The second kappa shape index (κ2) is 6.94. The van der Waals surface area contributed by atoms with Crippen LogP contribution in [0, 0.1) is 0 Å². The second-order valence-electron chi connectivity index (χ2n) is 5.97. The van der Waals surface area contributed by atoms with Gasteiger partial charge in [-0.25, -0.2) is 0 Å². The minimum Gasteiger partial charge on any atom is -0.468 e. The maximum Gasteiger partial charge on any atom is 0.170 e. The number of furan rings is 1. The first kappa shape index (κ1) is 15.0. The summed E-state index contributed by atoms with van der Waals surface area (Å²) in [5, 5.41) is 12.2. The van der Waals surface area contributed by atoms with Gasteiger partial charge >= 0.3 is 0 Å². The van der Waals surface area contributed by atoms with Crippen molar-refractivity contribution < 1.29 is 4.42 Å². The molecule has 2 aromatic heterocycles. The molecule has 0 unspecified atom stereocenters. The van der Waals surface area contributed by atoms with Gasteiger partial charge < -0.3 is 4.42 Å². The molecule has 1 aliphatic heterocycles. The van der Waals surface area contributed by atoms with Crippen molar-refractivity contribution in [2.75, 3.05) is 26.2 Å². The van der Waals surface area contributed by atoms with Crippen molar-refractivity contribution in [1.82, 2.24) is 30.0 Å². The normalized spacial score (nSPS) is 16.5. The first-order chi connectivity index (χ1) is 11.9. The number of nitrogens with zero attached hydrogens (tertiary/aromatic N) is 6. The first-order valence-electron chi connectivity index (χ1n) is 8.18. The lowest BCUT2D eigenvalue weighted by atomic mass is 10.3. The molecule has 3 aromatic rings. The topological polar surface area (TPSA) is 63.2 Å². The quantitative estimate of drug-likeness (QED) is 0.710. The zero-order valence-corrected chi connectivity index (χ0v) is 13.5. The molecular weight excluding hydrogens is 304 g/mol. The van der Waals surface area contributed by atoms with Gasteiger partial charge in [-0.15, -0.1) is 5.10 Å². The van der Waals surface area contributed by atoms with Crippen molar-refractivity contribution in [3.05, 3.63) is 60.3 Å². The third kappa shape index (κ3) is 3.37. The van der Waals surface area contributed by atoms with Gasteiger partial charge in [0.15, 0.2) is 5.82 Å². The Balaban J connectivity index is 1.35. The van der Waals surface area contributed by atoms with E-state index in [2.05, 4.69) is 25.3 Å². The van der Waals surface area contributed by atoms with Crippen LogP contribution in [-0.2, 0) is 13.1 Å². The standard InChI is InChI=1S/C17H20N6O/c1-2-5-15(6-3-1)23-17(18-19-20-23)14-22-10-8-21(9-11-22)13-16-7-4-12-24-16/h1-7,12H,8-11,13-14H2. The van der Waals surface area contributed by atoms with Crippen LogP contribution in [0.2, 0.25) is 0 Å². The van der Waals surface area contributed by atoms with Gasteiger partial charge in [0.05, 0.1) is 25.0 Å². The second-order valence-corrected chi connectivity index (χ2v) is 5.97. The summed E-state index contributed by atoms with van der Waals surface area (Å²) in [5.74, 6) is 1.90. The number of aromatic nitrogens is 4. The van der Waals surface area contributed by atoms with Crippen molar-refractivity contribution in [1.29, 1.82) is 0 Å². The Morgan fingerprint density at radius 1 is 0.875 bits per heavy atom. The molecule has 1 aliphatic rings. The van der Waals surface area contributed by atoms with E-state index in [1.54, 1.807) is 6.26 Å². The van der Waals surface area contributed by atoms with E-state index < -0.39 is 0 Å². The lowest BCUT2D eigenvalue weighted by Gasteiger charge is -2.33. The van der Waals surface area contributed by atoms with Crippen LogP contribution in [0.1, 0.15) is 11.6 Å². The zero-order chi connectivity index (χ0) is 16.2. The third-order valence-corrected chi connectivity index (χ3v) is 4.32. The van der Waals surface area contributed by atoms with E-state index in [1.165, 1.54) is 0 Å². The van der Waals surface area contributed by atoms with Gasteiger partial charge in [-0.05, 0) is 34.7 Å². The highest BCUT2D eigenvalue weighted by atomic mass is 16.3. The maximum absolute atomic E-state index is 5.43. The summed E-state index contributed by atoms with van der Waals surface area (Å²) in [7, 11) is 0. The molecule has 0 radical (unpaired) electrons. The van der Waals surface area contributed by atoms with Crippen LogP contribution < -0.4 is 0 Å². The molecule has 124 valence electrons. The summed E-state index contributed by atoms with van der Waals surface area (Å²) < 4.78 is 7.24. The van der Waals surface area contributed by atoms with E-state index in [1.807, 2.05) is 47.1 Å². The molecule has 0 spiro atoms. The number of hydrogen-bond donors (Lipinski definition) is 0. The molecule has 4 rings (SSSR count). The number of para-hydroxylation sites is 1. The Labute approximate surface area is 140 Å². The summed E-state index contributed by atoms with van der Waals surface area (Å²) in [6, 6.07) is 14.0. The summed E-state index contributed by atoms with van der Waals surface area (Å²) >= 11 is 0. The summed E-state index contributed by atoms with van der Waals surface area (Å²) in [5.41, 5.74) is 0.994. The highest BCUT2D eigenvalue weighted by molar-refractivity contribution is 5.30. The highest BCUT2D eigenvalue weighted by Gasteiger charge is 2.20. The first-order valence-corrected chi connectivity index (χ1v) is 8.18. The largest absolute Gasteiger partial charge is 0.468 e. The van der Waals surface area contributed by atoms with Crippen LogP contribution in [0.4, 0.5) is 0 Å². The Kier molecular flexibility index (Phi) is 4.35. The van der Waals surface area contributed by atoms with Crippen molar-refractivity contribution in [3.8, 4) is 5.69 Å². The predicted molar refractivity (Wildman–Crippen MR) is 88.4 cm³/mol. The Bertz CT molecular complexity index is 747. The van der Waals surface area contributed by atoms with Gasteiger partial charge in [-0.1, -0.05) is 18.2 Å². The van der Waals surface area contributed by atoms with Gasteiger partial charge in [-0.3, -0.25) is 9.80 Å². The van der Waals surface area contributed by atoms with Crippen molar-refractivity contribution in [3.63, 3.8) is 0 Å². The van der Waals surface area contributed by atoms with Crippen LogP contribution in [0.5, 0.6) is 0 Å². The molecule has 1 fully saturated rings. The van der Waals surface area contributed by atoms with Crippen LogP contribution >= 0.6 is 0 Å². The van der Waals surface area contributed by atoms with Crippen LogP contribution in [0.3, 0.4) is 0 Å². The number of benzene rings is 1. The lowest BCUT2D eigenvalue weighted by molar-refractivity contribution is 0.113. The van der Waals surface area contributed by atoms with E-state index in [0.717, 1.165) is 56.5 Å².